The quantitative estimate of drug-likeness (QED) is 0.883. The summed E-state index contributed by atoms with van der Waals surface area (Å²) in [4.78, 5) is 6.82. The molecule has 5 heteroatoms. The predicted octanol–water partition coefficient (Wildman–Crippen LogP) is 2.90. The van der Waals surface area contributed by atoms with Crippen LogP contribution in [0.15, 0.2) is 48.7 Å². The second kappa shape index (κ2) is 8.41. The van der Waals surface area contributed by atoms with E-state index in [0.717, 1.165) is 50.1 Å². The highest BCUT2D eigenvalue weighted by atomic mass is 35.5. The molecule has 0 saturated carbocycles. The lowest BCUT2D eigenvalue weighted by atomic mass is 10.0. The third kappa shape index (κ3) is 4.75. The maximum absolute atomic E-state index is 6.18. The highest BCUT2D eigenvalue weighted by Crippen LogP contribution is 2.24. The van der Waals surface area contributed by atoms with Gasteiger partial charge in [0, 0.05) is 43.4 Å². The summed E-state index contributed by atoms with van der Waals surface area (Å²) >= 11 is 6.18. The minimum absolute atomic E-state index is 0.293. The van der Waals surface area contributed by atoms with Crippen LogP contribution in [0.4, 0.5) is 0 Å². The molecule has 1 N–H and O–H groups in total. The van der Waals surface area contributed by atoms with Crippen molar-refractivity contribution in [2.45, 2.75) is 12.6 Å². The van der Waals surface area contributed by atoms with E-state index in [-0.39, 0.29) is 0 Å². The summed E-state index contributed by atoms with van der Waals surface area (Å²) in [5, 5.41) is 4.31. The summed E-state index contributed by atoms with van der Waals surface area (Å²) in [7, 11) is 0. The van der Waals surface area contributed by atoms with Gasteiger partial charge in [-0.05, 0) is 29.8 Å². The smallest absolute Gasteiger partial charge is 0.0594 e. The fraction of sp³-hybridized carbons (Fsp3) is 0.389. The predicted molar refractivity (Wildman–Crippen MR) is 92.5 cm³/mol. The van der Waals surface area contributed by atoms with E-state index in [0.29, 0.717) is 6.04 Å². The summed E-state index contributed by atoms with van der Waals surface area (Å²) < 4.78 is 5.49. The Morgan fingerprint density at radius 2 is 2.04 bits per heavy atom. The van der Waals surface area contributed by atoms with Crippen LogP contribution in [0.25, 0.3) is 0 Å². The molecule has 1 saturated heterocycles. The maximum atomic E-state index is 6.18. The molecule has 1 aromatic heterocycles. The number of morpholine rings is 1. The van der Waals surface area contributed by atoms with Crippen molar-refractivity contribution < 1.29 is 4.74 Å². The van der Waals surface area contributed by atoms with Crippen LogP contribution in [-0.2, 0) is 11.3 Å². The highest BCUT2D eigenvalue weighted by Gasteiger charge is 2.22. The second-order valence-corrected chi connectivity index (χ2v) is 6.11. The molecule has 3 rings (SSSR count). The molecule has 4 nitrogen and oxygen atoms in total. The van der Waals surface area contributed by atoms with E-state index < -0.39 is 0 Å². The van der Waals surface area contributed by atoms with Gasteiger partial charge in [0.25, 0.3) is 0 Å². The van der Waals surface area contributed by atoms with Crippen LogP contribution in [0.1, 0.15) is 17.3 Å². The van der Waals surface area contributed by atoms with Gasteiger partial charge in [-0.25, -0.2) is 0 Å². The van der Waals surface area contributed by atoms with Crippen LogP contribution in [0, 0.1) is 0 Å². The lowest BCUT2D eigenvalue weighted by molar-refractivity contribution is 0.0161. The molecule has 1 fully saturated rings. The summed E-state index contributed by atoms with van der Waals surface area (Å²) in [6.07, 6.45) is 1.83. The van der Waals surface area contributed by atoms with Crippen molar-refractivity contribution in [3.05, 3.63) is 64.9 Å². The zero-order valence-corrected chi connectivity index (χ0v) is 13.9. The molecule has 0 aliphatic carbocycles. The molecular formula is C18H22ClN3O. The minimum atomic E-state index is 0.293. The van der Waals surface area contributed by atoms with Crippen molar-refractivity contribution in [1.29, 1.82) is 0 Å². The summed E-state index contributed by atoms with van der Waals surface area (Å²) in [6, 6.07) is 14.4. The summed E-state index contributed by atoms with van der Waals surface area (Å²) in [6.45, 7) is 5.10. The number of halogens is 1. The van der Waals surface area contributed by atoms with Crippen LogP contribution < -0.4 is 5.32 Å². The van der Waals surface area contributed by atoms with Gasteiger partial charge in [0.05, 0.1) is 18.9 Å². The molecule has 0 bridgehead atoms. The number of aromatic nitrogens is 1. The van der Waals surface area contributed by atoms with Crippen molar-refractivity contribution in [1.82, 2.24) is 15.2 Å². The molecule has 0 amide bonds. The molecule has 1 aromatic carbocycles. The molecule has 122 valence electrons. The molecule has 0 spiro atoms. The highest BCUT2D eigenvalue weighted by molar-refractivity contribution is 6.30. The van der Waals surface area contributed by atoms with Crippen molar-refractivity contribution in [3.8, 4) is 0 Å². The Balaban J connectivity index is 1.67. The van der Waals surface area contributed by atoms with Gasteiger partial charge in [-0.15, -0.1) is 0 Å². The van der Waals surface area contributed by atoms with Gasteiger partial charge < -0.3 is 10.1 Å². The maximum Gasteiger partial charge on any atom is 0.0594 e. The molecule has 0 radical (unpaired) electrons. The zero-order valence-electron chi connectivity index (χ0n) is 13.1. The number of benzene rings is 1. The molecule has 2 heterocycles. The first kappa shape index (κ1) is 16.4. The van der Waals surface area contributed by atoms with E-state index in [1.807, 2.05) is 36.5 Å². The van der Waals surface area contributed by atoms with E-state index in [1.165, 1.54) is 5.56 Å². The van der Waals surface area contributed by atoms with Gasteiger partial charge in [0.2, 0.25) is 0 Å². The largest absolute Gasteiger partial charge is 0.379 e. The van der Waals surface area contributed by atoms with Crippen molar-refractivity contribution >= 4 is 11.6 Å². The van der Waals surface area contributed by atoms with Gasteiger partial charge in [-0.3, -0.25) is 9.88 Å². The number of ether oxygens (including phenoxy) is 1. The SMILES string of the molecule is Clc1cccc([C@@H](CNCc2ccccn2)N2CCOCC2)c1. The average Bonchev–Trinajstić information content (AvgIpc) is 2.60. The van der Waals surface area contributed by atoms with Crippen molar-refractivity contribution in [2.24, 2.45) is 0 Å². The molecule has 1 aliphatic rings. The minimum Gasteiger partial charge on any atom is -0.379 e. The Bertz CT molecular complexity index is 602. The Morgan fingerprint density at radius 3 is 2.78 bits per heavy atom. The van der Waals surface area contributed by atoms with Gasteiger partial charge in [0.1, 0.15) is 0 Å². The van der Waals surface area contributed by atoms with Crippen LogP contribution in [0.5, 0.6) is 0 Å². The van der Waals surface area contributed by atoms with Crippen molar-refractivity contribution in [3.63, 3.8) is 0 Å². The number of hydrogen-bond donors (Lipinski definition) is 1. The lowest BCUT2D eigenvalue weighted by Gasteiger charge is -2.35. The summed E-state index contributed by atoms with van der Waals surface area (Å²) in [5.41, 5.74) is 2.30. The zero-order chi connectivity index (χ0) is 15.9. The van der Waals surface area contributed by atoms with Gasteiger partial charge in [-0.2, -0.15) is 0 Å². The van der Waals surface area contributed by atoms with E-state index in [4.69, 9.17) is 16.3 Å². The first-order valence-electron chi connectivity index (χ1n) is 8.01. The molecule has 1 aliphatic heterocycles. The van der Waals surface area contributed by atoms with Crippen LogP contribution in [0.3, 0.4) is 0 Å². The van der Waals surface area contributed by atoms with E-state index >= 15 is 0 Å². The van der Waals surface area contributed by atoms with Gasteiger partial charge >= 0.3 is 0 Å². The molecule has 1 atom stereocenters. The average molecular weight is 332 g/mol. The van der Waals surface area contributed by atoms with Gasteiger partial charge in [0.15, 0.2) is 0 Å². The normalized spacial score (nSPS) is 17.1. The fourth-order valence-electron chi connectivity index (χ4n) is 2.90. The standard InChI is InChI=1S/C18H22ClN3O/c19-16-5-3-4-15(12-16)18(22-8-10-23-11-9-22)14-20-13-17-6-1-2-7-21-17/h1-7,12,18,20H,8-11,13-14H2/t18-/m1/s1. The topological polar surface area (TPSA) is 37.4 Å². The third-order valence-corrected chi connectivity index (χ3v) is 4.32. The fourth-order valence-corrected chi connectivity index (χ4v) is 3.10. The van der Waals surface area contributed by atoms with E-state index in [1.54, 1.807) is 0 Å². The lowest BCUT2D eigenvalue weighted by Crippen LogP contribution is -2.42. The monoisotopic (exact) mass is 331 g/mol. The second-order valence-electron chi connectivity index (χ2n) is 5.67. The number of nitrogens with one attached hydrogen (secondary N) is 1. The Labute approximate surface area is 142 Å². The molecule has 23 heavy (non-hydrogen) atoms. The number of nitrogens with zero attached hydrogens (tertiary/aromatic N) is 2. The number of hydrogen-bond acceptors (Lipinski definition) is 4. The molecule has 0 unspecified atom stereocenters. The van der Waals surface area contributed by atoms with E-state index in [2.05, 4.69) is 27.3 Å². The van der Waals surface area contributed by atoms with Gasteiger partial charge in [-0.1, -0.05) is 29.8 Å². The Hall–Kier alpha value is -1.46. The Morgan fingerprint density at radius 1 is 1.17 bits per heavy atom. The third-order valence-electron chi connectivity index (χ3n) is 4.09. The first-order chi connectivity index (χ1) is 11.3. The van der Waals surface area contributed by atoms with Crippen LogP contribution in [-0.4, -0.2) is 42.7 Å². The number of pyridine rings is 1. The molecule has 2 aromatic rings. The first-order valence-corrected chi connectivity index (χ1v) is 8.38. The molecular weight excluding hydrogens is 310 g/mol. The number of rotatable bonds is 6. The Kier molecular flexibility index (Phi) is 6.00. The van der Waals surface area contributed by atoms with Crippen molar-refractivity contribution in [2.75, 3.05) is 32.8 Å². The van der Waals surface area contributed by atoms with E-state index in [9.17, 15) is 0 Å². The summed E-state index contributed by atoms with van der Waals surface area (Å²) in [5.74, 6) is 0. The van der Waals surface area contributed by atoms with Crippen LogP contribution in [0.2, 0.25) is 5.02 Å². The van der Waals surface area contributed by atoms with Crippen LogP contribution >= 0.6 is 11.6 Å².